The molecule has 0 saturated carbocycles. The van der Waals surface area contributed by atoms with Gasteiger partial charge in [0.15, 0.2) is 0 Å². The topological polar surface area (TPSA) is 75.6 Å². The Morgan fingerprint density at radius 1 is 1.40 bits per heavy atom. The number of carbonyl (C=O) groups excluding carboxylic acids is 1. The number of nitrogens with one attached hydrogen (secondary N) is 1. The van der Waals surface area contributed by atoms with Crippen LogP contribution in [0.4, 0.5) is 0 Å². The van der Waals surface area contributed by atoms with Crippen molar-refractivity contribution in [2.24, 2.45) is 0 Å². The lowest BCUT2D eigenvalue weighted by molar-refractivity contribution is -0.139. The van der Waals surface area contributed by atoms with Gasteiger partial charge in [-0.1, -0.05) is 30.4 Å². The van der Waals surface area contributed by atoms with Gasteiger partial charge in [0.2, 0.25) is 0 Å². The normalized spacial score (nSPS) is 12.3. The smallest absolute Gasteiger partial charge is 0.326 e. The first-order valence-corrected chi connectivity index (χ1v) is 6.31. The molecule has 0 spiro atoms. The minimum absolute atomic E-state index is 0.254. The summed E-state index contributed by atoms with van der Waals surface area (Å²) in [5.74, 6) is -1.46. The monoisotopic (exact) mass is 277 g/mol. The van der Waals surface area contributed by atoms with E-state index in [0.717, 1.165) is 5.56 Å². The molecule has 1 atom stereocenters. The van der Waals surface area contributed by atoms with E-state index < -0.39 is 17.9 Å². The molecule has 5 heteroatoms. The highest BCUT2D eigenvalue weighted by Gasteiger charge is 2.20. The summed E-state index contributed by atoms with van der Waals surface area (Å²) in [6.07, 6.45) is 3.71. The Balaban J connectivity index is 2.86. The fourth-order valence-corrected chi connectivity index (χ4v) is 1.75. The molecule has 0 radical (unpaired) electrons. The third-order valence-corrected chi connectivity index (χ3v) is 2.77. The van der Waals surface area contributed by atoms with Crippen molar-refractivity contribution in [3.05, 3.63) is 47.5 Å². The van der Waals surface area contributed by atoms with Gasteiger partial charge in [-0.3, -0.25) is 4.79 Å². The van der Waals surface area contributed by atoms with Gasteiger partial charge in [-0.2, -0.15) is 0 Å². The minimum Gasteiger partial charge on any atom is -0.480 e. The number of carbonyl (C=O) groups is 2. The van der Waals surface area contributed by atoms with E-state index in [1.165, 1.54) is 0 Å². The van der Waals surface area contributed by atoms with Crippen LogP contribution in [0.1, 0.15) is 29.3 Å². The second-order valence-electron chi connectivity index (χ2n) is 4.26. The summed E-state index contributed by atoms with van der Waals surface area (Å²) in [6.45, 7) is 2.10. The zero-order chi connectivity index (χ0) is 15.0. The van der Waals surface area contributed by atoms with Crippen LogP contribution in [-0.2, 0) is 16.1 Å². The molecule has 0 aromatic heterocycles. The van der Waals surface area contributed by atoms with Crippen LogP contribution in [0.15, 0.2) is 36.4 Å². The number of benzene rings is 1. The van der Waals surface area contributed by atoms with Crippen LogP contribution in [0.5, 0.6) is 0 Å². The summed E-state index contributed by atoms with van der Waals surface area (Å²) < 4.78 is 5.03. The van der Waals surface area contributed by atoms with E-state index in [2.05, 4.69) is 5.32 Å². The Bertz CT molecular complexity index is 496. The van der Waals surface area contributed by atoms with Crippen molar-refractivity contribution < 1.29 is 19.4 Å². The van der Waals surface area contributed by atoms with E-state index in [4.69, 9.17) is 9.84 Å². The van der Waals surface area contributed by atoms with Crippen molar-refractivity contribution in [3.63, 3.8) is 0 Å². The van der Waals surface area contributed by atoms with E-state index in [9.17, 15) is 9.59 Å². The standard InChI is InChI=1S/C15H19NO4/c1-3-4-9-13(15(18)19)16-14(17)12-8-6-5-7-11(12)10-20-2/h3-8,13H,9-10H2,1-2H3,(H,16,17)(H,18,19)/b4-3+. The van der Waals surface area contributed by atoms with Crippen molar-refractivity contribution in [2.75, 3.05) is 7.11 Å². The van der Waals surface area contributed by atoms with Crippen LogP contribution in [0, 0.1) is 0 Å². The largest absolute Gasteiger partial charge is 0.480 e. The molecule has 1 amide bonds. The Kier molecular flexibility index (Phi) is 6.46. The maximum absolute atomic E-state index is 12.2. The number of aliphatic carboxylic acids is 1. The van der Waals surface area contributed by atoms with Gasteiger partial charge >= 0.3 is 5.97 Å². The Morgan fingerprint density at radius 2 is 2.10 bits per heavy atom. The van der Waals surface area contributed by atoms with Crippen molar-refractivity contribution in [1.29, 1.82) is 0 Å². The second-order valence-corrected chi connectivity index (χ2v) is 4.26. The summed E-state index contributed by atoms with van der Waals surface area (Å²) >= 11 is 0. The van der Waals surface area contributed by atoms with Crippen LogP contribution < -0.4 is 5.32 Å². The van der Waals surface area contributed by atoms with Gasteiger partial charge in [0.1, 0.15) is 6.04 Å². The highest BCUT2D eigenvalue weighted by Crippen LogP contribution is 2.10. The predicted octanol–water partition coefficient (Wildman–Crippen LogP) is 1.98. The van der Waals surface area contributed by atoms with Gasteiger partial charge < -0.3 is 15.2 Å². The van der Waals surface area contributed by atoms with Gasteiger partial charge in [0.25, 0.3) is 5.91 Å². The number of carboxylic acid groups (broad SMARTS) is 1. The molecule has 0 aliphatic carbocycles. The maximum Gasteiger partial charge on any atom is 0.326 e. The molecule has 0 aliphatic heterocycles. The first-order valence-electron chi connectivity index (χ1n) is 6.31. The Hall–Kier alpha value is -2.14. The number of hydrogen-bond acceptors (Lipinski definition) is 3. The fraction of sp³-hybridized carbons (Fsp3) is 0.333. The molecule has 1 aromatic rings. The summed E-state index contributed by atoms with van der Waals surface area (Å²) in [7, 11) is 1.54. The summed E-state index contributed by atoms with van der Waals surface area (Å²) in [6, 6.07) is 6.03. The molecule has 1 unspecified atom stereocenters. The van der Waals surface area contributed by atoms with E-state index in [1.54, 1.807) is 50.5 Å². The maximum atomic E-state index is 12.2. The lowest BCUT2D eigenvalue weighted by Crippen LogP contribution is -2.40. The first-order chi connectivity index (χ1) is 9.60. The van der Waals surface area contributed by atoms with E-state index in [1.807, 2.05) is 0 Å². The summed E-state index contributed by atoms with van der Waals surface area (Å²) in [4.78, 5) is 23.3. The van der Waals surface area contributed by atoms with Crippen LogP contribution in [0.2, 0.25) is 0 Å². The number of ether oxygens (including phenoxy) is 1. The molecule has 1 aromatic carbocycles. The van der Waals surface area contributed by atoms with Crippen LogP contribution >= 0.6 is 0 Å². The van der Waals surface area contributed by atoms with Crippen LogP contribution in [0.3, 0.4) is 0 Å². The number of rotatable bonds is 7. The molecule has 0 bridgehead atoms. The highest BCUT2D eigenvalue weighted by molar-refractivity contribution is 5.97. The van der Waals surface area contributed by atoms with Gasteiger partial charge in [-0.15, -0.1) is 0 Å². The predicted molar refractivity (Wildman–Crippen MR) is 75.5 cm³/mol. The molecule has 108 valence electrons. The number of allylic oxidation sites excluding steroid dienone is 1. The molecule has 0 heterocycles. The Morgan fingerprint density at radius 3 is 2.70 bits per heavy atom. The SMILES string of the molecule is C/C=C/CC(NC(=O)c1ccccc1COC)C(=O)O. The minimum atomic E-state index is -1.05. The van der Waals surface area contributed by atoms with Crippen molar-refractivity contribution >= 4 is 11.9 Å². The highest BCUT2D eigenvalue weighted by atomic mass is 16.5. The molecule has 5 nitrogen and oxygen atoms in total. The van der Waals surface area contributed by atoms with Crippen LogP contribution in [0.25, 0.3) is 0 Å². The van der Waals surface area contributed by atoms with Crippen LogP contribution in [-0.4, -0.2) is 30.1 Å². The number of methoxy groups -OCH3 is 1. The van der Waals surface area contributed by atoms with Gasteiger partial charge in [0.05, 0.1) is 6.61 Å². The third kappa shape index (κ3) is 4.51. The first kappa shape index (κ1) is 15.9. The van der Waals surface area contributed by atoms with E-state index >= 15 is 0 Å². The zero-order valence-electron chi connectivity index (χ0n) is 11.6. The third-order valence-electron chi connectivity index (χ3n) is 2.77. The van der Waals surface area contributed by atoms with Gasteiger partial charge in [-0.05, 0) is 25.0 Å². The number of hydrogen-bond donors (Lipinski definition) is 2. The average Bonchev–Trinajstić information content (AvgIpc) is 2.43. The molecule has 0 fully saturated rings. The van der Waals surface area contributed by atoms with Crippen molar-refractivity contribution in [1.82, 2.24) is 5.32 Å². The quantitative estimate of drug-likeness (QED) is 0.747. The Labute approximate surface area is 118 Å². The van der Waals surface area contributed by atoms with E-state index in [0.29, 0.717) is 12.2 Å². The molecular weight excluding hydrogens is 258 g/mol. The molecule has 1 rings (SSSR count). The molecule has 2 N–H and O–H groups in total. The second kappa shape index (κ2) is 8.12. The molecule has 0 aliphatic rings. The molecule has 20 heavy (non-hydrogen) atoms. The van der Waals surface area contributed by atoms with Crippen molar-refractivity contribution in [2.45, 2.75) is 26.0 Å². The van der Waals surface area contributed by atoms with Gasteiger partial charge in [-0.25, -0.2) is 4.79 Å². The number of carboxylic acids is 1. The summed E-state index contributed by atoms with van der Waals surface area (Å²) in [5.41, 5.74) is 1.16. The average molecular weight is 277 g/mol. The lowest BCUT2D eigenvalue weighted by Gasteiger charge is -2.14. The molecule has 0 saturated heterocycles. The van der Waals surface area contributed by atoms with Crippen molar-refractivity contribution in [3.8, 4) is 0 Å². The lowest BCUT2D eigenvalue weighted by atomic mass is 10.1. The van der Waals surface area contributed by atoms with E-state index in [-0.39, 0.29) is 6.42 Å². The summed E-state index contributed by atoms with van der Waals surface area (Å²) in [5, 5.41) is 11.6. The fourth-order valence-electron chi connectivity index (χ4n) is 1.75. The zero-order valence-corrected chi connectivity index (χ0v) is 11.6. The number of amides is 1. The molecular formula is C15H19NO4. The van der Waals surface area contributed by atoms with Gasteiger partial charge in [0, 0.05) is 12.7 Å².